The van der Waals surface area contributed by atoms with Crippen molar-refractivity contribution in [3.63, 3.8) is 0 Å². The summed E-state index contributed by atoms with van der Waals surface area (Å²) >= 11 is 5.94. The van der Waals surface area contributed by atoms with Gasteiger partial charge in [0.1, 0.15) is 0 Å². The lowest BCUT2D eigenvalue weighted by molar-refractivity contribution is -0.133. The number of hydrogen-bond acceptors (Lipinski definition) is 4. The lowest BCUT2D eigenvalue weighted by atomic mass is 9.88. The van der Waals surface area contributed by atoms with E-state index in [4.69, 9.17) is 11.6 Å². The highest BCUT2D eigenvalue weighted by molar-refractivity contribution is 6.31. The highest BCUT2D eigenvalue weighted by Crippen LogP contribution is 2.40. The number of halogens is 1. The molecule has 0 aromatic heterocycles. The van der Waals surface area contributed by atoms with Gasteiger partial charge in [-0.3, -0.25) is 14.4 Å². The Kier molecular flexibility index (Phi) is 4.32. The maximum atomic E-state index is 12.5. The topological polar surface area (TPSA) is 95.5 Å². The predicted octanol–water partition coefficient (Wildman–Crippen LogP) is 2.71. The summed E-state index contributed by atoms with van der Waals surface area (Å²) in [5.74, 6) is -1.28. The molecule has 1 aliphatic rings. The zero-order chi connectivity index (χ0) is 18.2. The van der Waals surface area contributed by atoms with Crippen LogP contribution in [0.5, 0.6) is 0 Å². The molecule has 1 heterocycles. The second kappa shape index (κ2) is 6.31. The van der Waals surface area contributed by atoms with Gasteiger partial charge in [0, 0.05) is 34.4 Å². The van der Waals surface area contributed by atoms with Crippen LogP contribution in [-0.2, 0) is 15.2 Å². The van der Waals surface area contributed by atoms with Crippen LogP contribution in [0.3, 0.4) is 0 Å². The van der Waals surface area contributed by atoms with Gasteiger partial charge in [0.25, 0.3) is 5.91 Å². The van der Waals surface area contributed by atoms with E-state index in [9.17, 15) is 19.5 Å². The molecule has 0 saturated heterocycles. The minimum Gasteiger partial charge on any atom is -0.375 e. The summed E-state index contributed by atoms with van der Waals surface area (Å²) in [7, 11) is 0. The second-order valence-corrected chi connectivity index (χ2v) is 6.30. The molecule has 7 heteroatoms. The molecule has 0 aliphatic carbocycles. The number of carbonyl (C=O) groups is 3. The second-order valence-electron chi connectivity index (χ2n) is 5.86. The molecule has 0 saturated carbocycles. The molecular formula is C18H15ClN2O4. The number of benzene rings is 2. The van der Waals surface area contributed by atoms with Gasteiger partial charge in [0.2, 0.25) is 5.91 Å². The Hall–Kier alpha value is -2.70. The zero-order valence-corrected chi connectivity index (χ0v) is 14.1. The van der Waals surface area contributed by atoms with Crippen molar-refractivity contribution in [2.24, 2.45) is 0 Å². The molecule has 0 unspecified atom stereocenters. The SMILES string of the molecule is CC(=O)Nc1ccc(C(=O)C[C@]2(O)C(=O)Nc3ccc(Cl)cc32)cc1. The van der Waals surface area contributed by atoms with Crippen molar-refractivity contribution in [3.05, 3.63) is 58.6 Å². The maximum Gasteiger partial charge on any atom is 0.261 e. The van der Waals surface area contributed by atoms with Crippen molar-refractivity contribution in [2.75, 3.05) is 10.6 Å². The van der Waals surface area contributed by atoms with Crippen LogP contribution in [0.15, 0.2) is 42.5 Å². The first kappa shape index (κ1) is 17.1. The van der Waals surface area contributed by atoms with Crippen molar-refractivity contribution in [2.45, 2.75) is 18.9 Å². The highest BCUT2D eigenvalue weighted by atomic mass is 35.5. The average molecular weight is 359 g/mol. The summed E-state index contributed by atoms with van der Waals surface area (Å²) in [5, 5.41) is 16.3. The lowest BCUT2D eigenvalue weighted by Gasteiger charge is -2.20. The standard InChI is InChI=1S/C18H15ClN2O4/c1-10(22)20-13-5-2-11(3-6-13)16(23)9-18(25)14-8-12(19)4-7-15(14)21-17(18)24/h2-8,25H,9H2,1H3,(H,20,22)(H,21,24)/t18-/m1/s1. The lowest BCUT2D eigenvalue weighted by Crippen LogP contribution is -2.36. The molecule has 3 rings (SSSR count). The number of anilines is 2. The first-order chi connectivity index (χ1) is 11.8. The van der Waals surface area contributed by atoms with Gasteiger partial charge in [0.15, 0.2) is 11.4 Å². The number of amides is 2. The molecule has 2 aromatic rings. The third kappa shape index (κ3) is 3.26. The minimum atomic E-state index is -1.96. The van der Waals surface area contributed by atoms with E-state index in [0.29, 0.717) is 22.0 Å². The molecular weight excluding hydrogens is 344 g/mol. The Morgan fingerprint density at radius 3 is 2.52 bits per heavy atom. The minimum absolute atomic E-state index is 0.218. The molecule has 6 nitrogen and oxygen atoms in total. The van der Waals surface area contributed by atoms with Gasteiger partial charge in [-0.2, -0.15) is 0 Å². The van der Waals surface area contributed by atoms with E-state index in [0.717, 1.165) is 0 Å². The smallest absolute Gasteiger partial charge is 0.261 e. The van der Waals surface area contributed by atoms with E-state index in [1.54, 1.807) is 24.3 Å². The Labute approximate surface area is 148 Å². The number of fused-ring (bicyclic) bond motifs is 1. The van der Waals surface area contributed by atoms with Crippen molar-refractivity contribution >= 4 is 40.6 Å². The van der Waals surface area contributed by atoms with Crippen molar-refractivity contribution in [3.8, 4) is 0 Å². The Balaban J connectivity index is 1.84. The van der Waals surface area contributed by atoms with Gasteiger partial charge in [-0.25, -0.2) is 0 Å². The van der Waals surface area contributed by atoms with E-state index in [1.807, 2.05) is 0 Å². The first-order valence-electron chi connectivity index (χ1n) is 7.54. The molecule has 3 N–H and O–H groups in total. The maximum absolute atomic E-state index is 12.5. The molecule has 2 aromatic carbocycles. The van der Waals surface area contributed by atoms with Crippen LogP contribution in [-0.4, -0.2) is 22.7 Å². The van der Waals surface area contributed by atoms with Gasteiger partial charge in [-0.15, -0.1) is 0 Å². The van der Waals surface area contributed by atoms with Crippen LogP contribution in [0.4, 0.5) is 11.4 Å². The van der Waals surface area contributed by atoms with Crippen LogP contribution < -0.4 is 10.6 Å². The summed E-state index contributed by atoms with van der Waals surface area (Å²) in [5.41, 5.74) is -0.364. The zero-order valence-electron chi connectivity index (χ0n) is 13.3. The van der Waals surface area contributed by atoms with Crippen molar-refractivity contribution < 1.29 is 19.5 Å². The quantitative estimate of drug-likeness (QED) is 0.732. The summed E-state index contributed by atoms with van der Waals surface area (Å²) in [4.78, 5) is 35.7. The van der Waals surface area contributed by atoms with E-state index < -0.39 is 23.7 Å². The summed E-state index contributed by atoms with van der Waals surface area (Å²) in [6, 6.07) is 10.9. The van der Waals surface area contributed by atoms with Gasteiger partial charge in [-0.1, -0.05) is 11.6 Å². The molecule has 0 bridgehead atoms. The molecule has 0 fully saturated rings. The molecule has 0 spiro atoms. The number of carbonyl (C=O) groups excluding carboxylic acids is 3. The van der Waals surface area contributed by atoms with Crippen molar-refractivity contribution in [1.82, 2.24) is 0 Å². The number of Topliss-reactive ketones (excluding diaryl/α,β-unsaturated/α-hetero) is 1. The number of nitrogens with one attached hydrogen (secondary N) is 2. The van der Waals surface area contributed by atoms with E-state index in [2.05, 4.69) is 10.6 Å². The Morgan fingerprint density at radius 2 is 1.88 bits per heavy atom. The largest absolute Gasteiger partial charge is 0.375 e. The highest BCUT2D eigenvalue weighted by Gasteiger charge is 2.46. The molecule has 128 valence electrons. The average Bonchev–Trinajstić information content (AvgIpc) is 2.79. The van der Waals surface area contributed by atoms with Crippen LogP contribution in [0, 0.1) is 0 Å². The predicted molar refractivity (Wildman–Crippen MR) is 93.7 cm³/mol. The summed E-state index contributed by atoms with van der Waals surface area (Å²) < 4.78 is 0. The van der Waals surface area contributed by atoms with Crippen LogP contribution in [0.2, 0.25) is 5.02 Å². The van der Waals surface area contributed by atoms with Gasteiger partial charge in [-0.05, 0) is 42.5 Å². The number of aliphatic hydroxyl groups is 1. The normalized spacial score (nSPS) is 18.4. The number of hydrogen-bond donors (Lipinski definition) is 3. The monoisotopic (exact) mass is 358 g/mol. The van der Waals surface area contributed by atoms with Crippen molar-refractivity contribution in [1.29, 1.82) is 0 Å². The van der Waals surface area contributed by atoms with Gasteiger partial charge in [0.05, 0.1) is 6.42 Å². The molecule has 25 heavy (non-hydrogen) atoms. The molecule has 2 amide bonds. The number of ketones is 1. The third-order valence-electron chi connectivity index (χ3n) is 3.99. The molecule has 0 radical (unpaired) electrons. The van der Waals surface area contributed by atoms with Crippen LogP contribution in [0.25, 0.3) is 0 Å². The Morgan fingerprint density at radius 1 is 1.20 bits per heavy atom. The fraction of sp³-hybridized carbons (Fsp3) is 0.167. The van der Waals surface area contributed by atoms with E-state index in [-0.39, 0.29) is 11.5 Å². The van der Waals surface area contributed by atoms with Crippen LogP contribution in [0.1, 0.15) is 29.3 Å². The van der Waals surface area contributed by atoms with Crippen LogP contribution >= 0.6 is 11.6 Å². The summed E-state index contributed by atoms with van der Waals surface area (Å²) in [6.45, 7) is 1.38. The van der Waals surface area contributed by atoms with E-state index >= 15 is 0 Å². The molecule has 1 atom stereocenters. The van der Waals surface area contributed by atoms with Gasteiger partial charge >= 0.3 is 0 Å². The number of rotatable bonds is 4. The Bertz CT molecular complexity index is 879. The van der Waals surface area contributed by atoms with E-state index in [1.165, 1.54) is 25.1 Å². The first-order valence-corrected chi connectivity index (χ1v) is 7.92. The fourth-order valence-corrected chi connectivity index (χ4v) is 2.94. The molecule has 1 aliphatic heterocycles. The van der Waals surface area contributed by atoms with Gasteiger partial charge < -0.3 is 15.7 Å². The summed E-state index contributed by atoms with van der Waals surface area (Å²) in [6.07, 6.45) is -0.411. The third-order valence-corrected chi connectivity index (χ3v) is 4.23. The fourth-order valence-electron chi connectivity index (χ4n) is 2.77.